The topological polar surface area (TPSA) is 32.3 Å². The maximum atomic E-state index is 9.97. The highest BCUT2D eigenvalue weighted by atomic mass is 16.3. The van der Waals surface area contributed by atoms with Crippen molar-refractivity contribution in [1.29, 1.82) is 0 Å². The molecule has 0 bridgehead atoms. The van der Waals surface area contributed by atoms with E-state index in [2.05, 4.69) is 43.4 Å². The SMILES string of the molecule is Cc1ccccc1[C@H](C)N[C@@H]1CCCC[C@H]1O. The van der Waals surface area contributed by atoms with Crippen molar-refractivity contribution in [2.45, 2.75) is 57.7 Å². The second-order valence-corrected chi connectivity index (χ2v) is 5.20. The summed E-state index contributed by atoms with van der Waals surface area (Å²) in [6.45, 7) is 4.33. The molecule has 0 heterocycles. The fourth-order valence-corrected chi connectivity index (χ4v) is 2.79. The Bertz CT molecular complexity index is 364. The van der Waals surface area contributed by atoms with Gasteiger partial charge in [0.15, 0.2) is 0 Å². The molecular weight excluding hydrogens is 210 g/mol. The van der Waals surface area contributed by atoms with Crippen molar-refractivity contribution >= 4 is 0 Å². The minimum atomic E-state index is -0.171. The first kappa shape index (κ1) is 12.6. The first-order valence-corrected chi connectivity index (χ1v) is 6.68. The van der Waals surface area contributed by atoms with Crippen molar-refractivity contribution in [1.82, 2.24) is 5.32 Å². The summed E-state index contributed by atoms with van der Waals surface area (Å²) in [4.78, 5) is 0. The van der Waals surface area contributed by atoms with E-state index in [9.17, 15) is 5.11 Å². The minimum absolute atomic E-state index is 0.171. The molecule has 1 saturated carbocycles. The molecular formula is C15H23NO. The van der Waals surface area contributed by atoms with E-state index in [4.69, 9.17) is 0 Å². The summed E-state index contributed by atoms with van der Waals surface area (Å²) < 4.78 is 0. The predicted octanol–water partition coefficient (Wildman–Crippen LogP) is 2.95. The van der Waals surface area contributed by atoms with Gasteiger partial charge in [-0.15, -0.1) is 0 Å². The van der Waals surface area contributed by atoms with Crippen molar-refractivity contribution in [3.05, 3.63) is 35.4 Å². The van der Waals surface area contributed by atoms with Crippen molar-refractivity contribution in [3.8, 4) is 0 Å². The Hall–Kier alpha value is -0.860. The van der Waals surface area contributed by atoms with E-state index in [0.29, 0.717) is 6.04 Å². The summed E-state index contributed by atoms with van der Waals surface area (Å²) in [7, 11) is 0. The zero-order chi connectivity index (χ0) is 12.3. The molecule has 17 heavy (non-hydrogen) atoms. The molecule has 1 aliphatic rings. The van der Waals surface area contributed by atoms with Crippen LogP contribution in [0.25, 0.3) is 0 Å². The largest absolute Gasteiger partial charge is 0.392 e. The van der Waals surface area contributed by atoms with Crippen LogP contribution in [0.1, 0.15) is 49.8 Å². The minimum Gasteiger partial charge on any atom is -0.392 e. The summed E-state index contributed by atoms with van der Waals surface area (Å²) in [5.41, 5.74) is 2.66. The summed E-state index contributed by atoms with van der Waals surface area (Å²) in [6, 6.07) is 9.04. The molecule has 0 radical (unpaired) electrons. The zero-order valence-electron chi connectivity index (χ0n) is 10.8. The molecule has 94 valence electrons. The predicted molar refractivity (Wildman–Crippen MR) is 71.0 cm³/mol. The van der Waals surface area contributed by atoms with E-state index >= 15 is 0 Å². The third kappa shape index (κ3) is 3.08. The lowest BCUT2D eigenvalue weighted by molar-refractivity contribution is 0.0859. The highest BCUT2D eigenvalue weighted by molar-refractivity contribution is 5.28. The molecule has 0 unspecified atom stereocenters. The van der Waals surface area contributed by atoms with Gasteiger partial charge in [0.05, 0.1) is 6.10 Å². The zero-order valence-corrected chi connectivity index (χ0v) is 10.8. The Morgan fingerprint density at radius 2 is 1.94 bits per heavy atom. The van der Waals surface area contributed by atoms with Gasteiger partial charge in [-0.3, -0.25) is 0 Å². The van der Waals surface area contributed by atoms with Crippen LogP contribution in [0, 0.1) is 6.92 Å². The lowest BCUT2D eigenvalue weighted by atomic mass is 9.91. The Morgan fingerprint density at radius 3 is 2.65 bits per heavy atom. The van der Waals surface area contributed by atoms with Gasteiger partial charge < -0.3 is 10.4 Å². The van der Waals surface area contributed by atoms with Gasteiger partial charge in [-0.25, -0.2) is 0 Å². The maximum Gasteiger partial charge on any atom is 0.0693 e. The molecule has 2 nitrogen and oxygen atoms in total. The fourth-order valence-electron chi connectivity index (χ4n) is 2.79. The average molecular weight is 233 g/mol. The van der Waals surface area contributed by atoms with Crippen molar-refractivity contribution in [2.75, 3.05) is 0 Å². The van der Waals surface area contributed by atoms with Gasteiger partial charge in [-0.05, 0) is 37.8 Å². The van der Waals surface area contributed by atoms with Crippen LogP contribution in [-0.2, 0) is 0 Å². The molecule has 1 aromatic rings. The van der Waals surface area contributed by atoms with E-state index in [0.717, 1.165) is 19.3 Å². The molecule has 1 fully saturated rings. The molecule has 0 amide bonds. The molecule has 2 heteroatoms. The first-order valence-electron chi connectivity index (χ1n) is 6.68. The van der Waals surface area contributed by atoms with Gasteiger partial charge in [-0.2, -0.15) is 0 Å². The highest BCUT2D eigenvalue weighted by Crippen LogP contribution is 2.23. The monoisotopic (exact) mass is 233 g/mol. The highest BCUT2D eigenvalue weighted by Gasteiger charge is 2.24. The number of hydrogen-bond donors (Lipinski definition) is 2. The van der Waals surface area contributed by atoms with E-state index in [-0.39, 0.29) is 12.1 Å². The molecule has 2 N–H and O–H groups in total. The summed E-state index contributed by atoms with van der Waals surface area (Å²) in [5.74, 6) is 0. The van der Waals surface area contributed by atoms with Gasteiger partial charge in [-0.1, -0.05) is 37.1 Å². The fraction of sp³-hybridized carbons (Fsp3) is 0.600. The Balaban J connectivity index is 2.01. The van der Waals surface area contributed by atoms with Crippen LogP contribution in [-0.4, -0.2) is 17.3 Å². The molecule has 1 aliphatic carbocycles. The summed E-state index contributed by atoms with van der Waals surface area (Å²) >= 11 is 0. The van der Waals surface area contributed by atoms with Crippen molar-refractivity contribution < 1.29 is 5.11 Å². The van der Waals surface area contributed by atoms with Crippen LogP contribution >= 0.6 is 0 Å². The smallest absolute Gasteiger partial charge is 0.0693 e. The standard InChI is InChI=1S/C15H23NO/c1-11-7-3-4-8-13(11)12(2)16-14-9-5-6-10-15(14)17/h3-4,7-8,12,14-17H,5-6,9-10H2,1-2H3/t12-,14+,15+/m0/s1. The van der Waals surface area contributed by atoms with Gasteiger partial charge in [0.1, 0.15) is 0 Å². The van der Waals surface area contributed by atoms with Crippen LogP contribution in [0.3, 0.4) is 0 Å². The molecule has 2 rings (SSSR count). The second kappa shape index (κ2) is 5.65. The average Bonchev–Trinajstić information content (AvgIpc) is 2.32. The molecule has 3 atom stereocenters. The maximum absolute atomic E-state index is 9.97. The molecule has 1 aromatic carbocycles. The summed E-state index contributed by atoms with van der Waals surface area (Å²) in [6.07, 6.45) is 4.26. The third-order valence-corrected chi connectivity index (χ3v) is 3.85. The molecule has 0 aliphatic heterocycles. The van der Waals surface area contributed by atoms with Crippen molar-refractivity contribution in [2.24, 2.45) is 0 Å². The van der Waals surface area contributed by atoms with Crippen LogP contribution in [0.2, 0.25) is 0 Å². The molecule has 0 saturated heterocycles. The Kier molecular flexibility index (Phi) is 4.19. The third-order valence-electron chi connectivity index (χ3n) is 3.85. The first-order chi connectivity index (χ1) is 8.18. The lowest BCUT2D eigenvalue weighted by Crippen LogP contribution is -2.43. The van der Waals surface area contributed by atoms with Crippen LogP contribution in [0.15, 0.2) is 24.3 Å². The number of aliphatic hydroxyl groups excluding tert-OH is 1. The second-order valence-electron chi connectivity index (χ2n) is 5.20. The lowest BCUT2D eigenvalue weighted by Gasteiger charge is -2.31. The number of benzene rings is 1. The Morgan fingerprint density at radius 1 is 1.24 bits per heavy atom. The normalized spacial score (nSPS) is 26.8. The van der Waals surface area contributed by atoms with Gasteiger partial charge in [0.2, 0.25) is 0 Å². The number of rotatable bonds is 3. The quantitative estimate of drug-likeness (QED) is 0.841. The van der Waals surface area contributed by atoms with Gasteiger partial charge in [0, 0.05) is 12.1 Å². The van der Waals surface area contributed by atoms with Crippen LogP contribution in [0.4, 0.5) is 0 Å². The number of nitrogens with one attached hydrogen (secondary N) is 1. The van der Waals surface area contributed by atoms with Gasteiger partial charge >= 0.3 is 0 Å². The van der Waals surface area contributed by atoms with E-state index < -0.39 is 0 Å². The summed E-state index contributed by atoms with van der Waals surface area (Å²) in [5, 5.41) is 13.5. The molecule has 0 spiro atoms. The van der Waals surface area contributed by atoms with Crippen LogP contribution < -0.4 is 5.32 Å². The number of aliphatic hydroxyl groups is 1. The van der Waals surface area contributed by atoms with Crippen LogP contribution in [0.5, 0.6) is 0 Å². The van der Waals surface area contributed by atoms with Crippen molar-refractivity contribution in [3.63, 3.8) is 0 Å². The van der Waals surface area contributed by atoms with E-state index in [1.807, 2.05) is 0 Å². The van der Waals surface area contributed by atoms with E-state index in [1.54, 1.807) is 0 Å². The molecule has 0 aromatic heterocycles. The Labute approximate surface area is 104 Å². The van der Waals surface area contributed by atoms with E-state index in [1.165, 1.54) is 17.5 Å². The number of aryl methyl sites for hydroxylation is 1. The van der Waals surface area contributed by atoms with Gasteiger partial charge in [0.25, 0.3) is 0 Å². The number of hydrogen-bond acceptors (Lipinski definition) is 2.